The first-order chi connectivity index (χ1) is 8.45. The van der Waals surface area contributed by atoms with Gasteiger partial charge in [0.05, 0.1) is 12.5 Å². The first-order valence-corrected chi connectivity index (χ1v) is 6.41. The van der Waals surface area contributed by atoms with Crippen molar-refractivity contribution >= 4 is 29.3 Å². The zero-order valence-electron chi connectivity index (χ0n) is 10.7. The molecule has 0 radical (unpaired) electrons. The Bertz CT molecular complexity index is 435. The van der Waals surface area contributed by atoms with Gasteiger partial charge in [-0.05, 0) is 31.4 Å². The monoisotopic (exact) mass is 267 g/mol. The number of esters is 1. The Hall–Kier alpha value is -1.62. The van der Waals surface area contributed by atoms with Gasteiger partial charge in [0.2, 0.25) is 5.91 Å². The Morgan fingerprint density at radius 3 is 2.78 bits per heavy atom. The highest BCUT2D eigenvalue weighted by Gasteiger charge is 2.28. The maximum absolute atomic E-state index is 11.6. The van der Waals surface area contributed by atoms with Gasteiger partial charge in [-0.25, -0.2) is 0 Å². The van der Waals surface area contributed by atoms with Crippen LogP contribution in [0, 0.1) is 5.41 Å². The van der Waals surface area contributed by atoms with Crippen LogP contribution in [0.5, 0.6) is 0 Å². The molecule has 1 heterocycles. The van der Waals surface area contributed by atoms with Crippen molar-refractivity contribution in [1.29, 1.82) is 0 Å². The summed E-state index contributed by atoms with van der Waals surface area (Å²) in [4.78, 5) is 24.0. The van der Waals surface area contributed by atoms with E-state index in [1.807, 2.05) is 17.5 Å². The molecular weight excluding hydrogens is 250 g/mol. The van der Waals surface area contributed by atoms with Gasteiger partial charge in [-0.2, -0.15) is 0 Å². The van der Waals surface area contributed by atoms with Crippen LogP contribution in [-0.4, -0.2) is 25.5 Å². The average Bonchev–Trinajstić information content (AvgIpc) is 2.86. The van der Waals surface area contributed by atoms with Crippen LogP contribution in [-0.2, 0) is 14.3 Å². The molecule has 1 amide bonds. The maximum Gasteiger partial charge on any atom is 0.313 e. The molecule has 0 saturated heterocycles. The Balaban J connectivity index is 2.44. The highest BCUT2D eigenvalue weighted by atomic mass is 32.1. The van der Waals surface area contributed by atoms with Crippen LogP contribution < -0.4 is 5.32 Å². The molecule has 1 N–H and O–H groups in total. The summed E-state index contributed by atoms with van der Waals surface area (Å²) in [5.41, 5.74) is -0.721. The van der Waals surface area contributed by atoms with E-state index in [1.165, 1.54) is 13.2 Å². The molecule has 0 aliphatic rings. The smallest absolute Gasteiger partial charge is 0.313 e. The van der Waals surface area contributed by atoms with Gasteiger partial charge < -0.3 is 10.1 Å². The molecule has 0 atom stereocenters. The van der Waals surface area contributed by atoms with Crippen molar-refractivity contribution in [2.75, 3.05) is 13.7 Å². The highest BCUT2D eigenvalue weighted by Crippen LogP contribution is 2.15. The molecule has 1 rings (SSSR count). The second kappa shape index (κ2) is 6.35. The predicted octanol–water partition coefficient (Wildman–Crippen LogP) is 2.08. The molecule has 0 aliphatic carbocycles. The van der Waals surface area contributed by atoms with Gasteiger partial charge in [0.15, 0.2) is 0 Å². The van der Waals surface area contributed by atoms with E-state index in [0.29, 0.717) is 0 Å². The molecule has 0 bridgehead atoms. The van der Waals surface area contributed by atoms with Crippen LogP contribution >= 0.6 is 11.3 Å². The number of amides is 1. The third-order valence-corrected chi connectivity index (χ3v) is 3.22. The third-order valence-electron chi connectivity index (χ3n) is 2.38. The number of carbonyl (C=O) groups excluding carboxylic acids is 2. The normalized spacial score (nSPS) is 11.5. The standard InChI is InChI=1S/C13H17NO3S/c1-13(2,12(16)17-3)9-14-11(15)7-6-10-5-4-8-18-10/h4-8H,9H2,1-3H3,(H,14,15)/b7-6+. The lowest BCUT2D eigenvalue weighted by Gasteiger charge is -2.21. The van der Waals surface area contributed by atoms with E-state index in [4.69, 9.17) is 0 Å². The summed E-state index contributed by atoms with van der Waals surface area (Å²) in [5.74, 6) is -0.564. The van der Waals surface area contributed by atoms with Crippen LogP contribution in [0.3, 0.4) is 0 Å². The molecular formula is C13H17NO3S. The van der Waals surface area contributed by atoms with E-state index in [2.05, 4.69) is 10.1 Å². The van der Waals surface area contributed by atoms with Crippen molar-refractivity contribution in [3.8, 4) is 0 Å². The largest absolute Gasteiger partial charge is 0.469 e. The van der Waals surface area contributed by atoms with Crippen molar-refractivity contribution in [2.24, 2.45) is 5.41 Å². The average molecular weight is 267 g/mol. The fourth-order valence-corrected chi connectivity index (χ4v) is 1.88. The van der Waals surface area contributed by atoms with Gasteiger partial charge >= 0.3 is 5.97 Å². The molecule has 0 unspecified atom stereocenters. The van der Waals surface area contributed by atoms with Gasteiger partial charge in [0, 0.05) is 17.5 Å². The quantitative estimate of drug-likeness (QED) is 0.656. The fraction of sp³-hybridized carbons (Fsp3) is 0.385. The minimum absolute atomic E-state index is 0.222. The Kier molecular flexibility index (Phi) is 5.09. The number of nitrogens with one attached hydrogen (secondary N) is 1. The third kappa shape index (κ3) is 4.33. The van der Waals surface area contributed by atoms with Crippen LogP contribution in [0.2, 0.25) is 0 Å². The van der Waals surface area contributed by atoms with Gasteiger partial charge in [0.25, 0.3) is 0 Å². The number of methoxy groups -OCH3 is 1. The van der Waals surface area contributed by atoms with Crippen LogP contribution in [0.25, 0.3) is 6.08 Å². The van der Waals surface area contributed by atoms with Crippen molar-refractivity contribution in [3.63, 3.8) is 0 Å². The van der Waals surface area contributed by atoms with Crippen molar-refractivity contribution in [1.82, 2.24) is 5.32 Å². The second-order valence-corrected chi connectivity index (χ2v) is 5.42. The number of carbonyl (C=O) groups is 2. The van der Waals surface area contributed by atoms with E-state index in [9.17, 15) is 9.59 Å². The second-order valence-electron chi connectivity index (χ2n) is 4.44. The van der Waals surface area contributed by atoms with Crippen LogP contribution in [0.1, 0.15) is 18.7 Å². The maximum atomic E-state index is 11.6. The summed E-state index contributed by atoms with van der Waals surface area (Å²) in [7, 11) is 1.34. The van der Waals surface area contributed by atoms with Gasteiger partial charge in [0.1, 0.15) is 0 Å². The lowest BCUT2D eigenvalue weighted by molar-refractivity contribution is -0.150. The van der Waals surface area contributed by atoms with Crippen molar-refractivity contribution in [2.45, 2.75) is 13.8 Å². The number of thiophene rings is 1. The first-order valence-electron chi connectivity index (χ1n) is 5.53. The molecule has 0 aromatic carbocycles. The SMILES string of the molecule is COC(=O)C(C)(C)CNC(=O)/C=C/c1cccs1. The Labute approximate surface area is 111 Å². The van der Waals surface area contributed by atoms with E-state index in [-0.39, 0.29) is 18.4 Å². The van der Waals surface area contributed by atoms with Gasteiger partial charge in [-0.1, -0.05) is 6.07 Å². The molecule has 1 aromatic rings. The van der Waals surface area contributed by atoms with E-state index >= 15 is 0 Å². The molecule has 5 heteroatoms. The summed E-state index contributed by atoms with van der Waals surface area (Å²) in [6.45, 7) is 3.69. The van der Waals surface area contributed by atoms with Gasteiger partial charge in [-0.3, -0.25) is 9.59 Å². The lowest BCUT2D eigenvalue weighted by atomic mass is 9.94. The fourth-order valence-electron chi connectivity index (χ4n) is 1.26. The molecule has 0 aliphatic heterocycles. The predicted molar refractivity (Wildman–Crippen MR) is 72.2 cm³/mol. The summed E-state index contributed by atoms with van der Waals surface area (Å²) < 4.78 is 4.66. The summed E-state index contributed by atoms with van der Waals surface area (Å²) >= 11 is 1.56. The molecule has 4 nitrogen and oxygen atoms in total. The zero-order valence-corrected chi connectivity index (χ0v) is 11.5. The Morgan fingerprint density at radius 2 is 2.22 bits per heavy atom. The van der Waals surface area contributed by atoms with Crippen LogP contribution in [0.4, 0.5) is 0 Å². The van der Waals surface area contributed by atoms with E-state index in [1.54, 1.807) is 31.3 Å². The highest BCUT2D eigenvalue weighted by molar-refractivity contribution is 7.10. The number of hydrogen-bond donors (Lipinski definition) is 1. The molecule has 18 heavy (non-hydrogen) atoms. The minimum atomic E-state index is -0.721. The summed E-state index contributed by atoms with van der Waals surface area (Å²) in [6.07, 6.45) is 3.20. The minimum Gasteiger partial charge on any atom is -0.469 e. The van der Waals surface area contributed by atoms with Crippen molar-refractivity contribution in [3.05, 3.63) is 28.5 Å². The van der Waals surface area contributed by atoms with E-state index < -0.39 is 5.41 Å². The first kappa shape index (κ1) is 14.4. The molecule has 0 fully saturated rings. The molecule has 1 aromatic heterocycles. The number of ether oxygens (including phenoxy) is 1. The molecule has 98 valence electrons. The topological polar surface area (TPSA) is 55.4 Å². The Morgan fingerprint density at radius 1 is 1.50 bits per heavy atom. The van der Waals surface area contributed by atoms with Gasteiger partial charge in [-0.15, -0.1) is 11.3 Å². The number of hydrogen-bond acceptors (Lipinski definition) is 4. The molecule has 0 spiro atoms. The summed E-state index contributed by atoms with van der Waals surface area (Å²) in [6, 6.07) is 3.84. The van der Waals surface area contributed by atoms with E-state index in [0.717, 1.165) is 4.88 Å². The zero-order chi connectivity index (χ0) is 13.6. The lowest BCUT2D eigenvalue weighted by Crippen LogP contribution is -2.39. The number of rotatable bonds is 5. The summed E-state index contributed by atoms with van der Waals surface area (Å²) in [5, 5.41) is 4.62. The van der Waals surface area contributed by atoms with Crippen LogP contribution in [0.15, 0.2) is 23.6 Å². The molecule has 0 saturated carbocycles. The van der Waals surface area contributed by atoms with Crippen molar-refractivity contribution < 1.29 is 14.3 Å².